The zero-order valence-corrected chi connectivity index (χ0v) is 10.0. The van der Waals surface area contributed by atoms with Crippen LogP contribution in [0, 0.1) is 0 Å². The Morgan fingerprint density at radius 3 is 2.88 bits per heavy atom. The number of imidazole rings is 1. The van der Waals surface area contributed by atoms with Crippen molar-refractivity contribution in [1.29, 1.82) is 0 Å². The predicted octanol–water partition coefficient (Wildman–Crippen LogP) is 0.898. The molecule has 0 saturated carbocycles. The van der Waals surface area contributed by atoms with Gasteiger partial charge in [-0.05, 0) is 20.4 Å². The molecule has 0 fully saturated rings. The van der Waals surface area contributed by atoms with Gasteiger partial charge in [0.05, 0.1) is 6.54 Å². The van der Waals surface area contributed by atoms with Crippen molar-refractivity contribution < 1.29 is 9.90 Å². The summed E-state index contributed by atoms with van der Waals surface area (Å²) in [7, 11) is 1.66. The lowest BCUT2D eigenvalue weighted by Crippen LogP contribution is -2.51. The lowest BCUT2D eigenvalue weighted by Gasteiger charge is -2.25. The van der Waals surface area contributed by atoms with E-state index in [1.54, 1.807) is 20.2 Å². The molecule has 0 radical (unpaired) electrons. The summed E-state index contributed by atoms with van der Waals surface area (Å²) < 4.78 is 1.90. The summed E-state index contributed by atoms with van der Waals surface area (Å²) in [6, 6.07) is 0. The highest BCUT2D eigenvalue weighted by molar-refractivity contribution is 5.78. The first-order chi connectivity index (χ1) is 7.53. The van der Waals surface area contributed by atoms with Crippen molar-refractivity contribution in [3.8, 4) is 0 Å². The van der Waals surface area contributed by atoms with Gasteiger partial charge in [0.1, 0.15) is 11.4 Å². The number of carboxylic acid groups (broad SMARTS) is 1. The second-order valence-corrected chi connectivity index (χ2v) is 4.11. The monoisotopic (exact) mass is 225 g/mol. The summed E-state index contributed by atoms with van der Waals surface area (Å²) in [4.78, 5) is 15.4. The topological polar surface area (TPSA) is 67.2 Å². The summed E-state index contributed by atoms with van der Waals surface area (Å²) in [5.74, 6) is 0.0800. The van der Waals surface area contributed by atoms with Crippen LogP contribution in [0.3, 0.4) is 0 Å². The van der Waals surface area contributed by atoms with Gasteiger partial charge in [-0.2, -0.15) is 0 Å². The van der Waals surface area contributed by atoms with Crippen molar-refractivity contribution in [3.05, 3.63) is 18.2 Å². The summed E-state index contributed by atoms with van der Waals surface area (Å²) in [6.07, 6.45) is 5.40. The fourth-order valence-corrected chi connectivity index (χ4v) is 1.53. The van der Waals surface area contributed by atoms with Gasteiger partial charge in [0.2, 0.25) is 0 Å². The summed E-state index contributed by atoms with van der Waals surface area (Å²) in [5.41, 5.74) is -0.955. The third-order valence-corrected chi connectivity index (χ3v) is 2.79. The van der Waals surface area contributed by atoms with Gasteiger partial charge in [-0.1, -0.05) is 6.92 Å². The van der Waals surface area contributed by atoms with E-state index < -0.39 is 11.5 Å². The third-order valence-electron chi connectivity index (χ3n) is 2.79. The zero-order valence-electron chi connectivity index (χ0n) is 10.0. The number of nitrogens with one attached hydrogen (secondary N) is 1. The first-order valence-electron chi connectivity index (χ1n) is 5.46. The Balaban J connectivity index is 2.85. The number of likely N-dealkylation sites (N-methyl/N-ethyl adjacent to an activating group) is 1. The molecule has 0 aliphatic carbocycles. The summed E-state index contributed by atoms with van der Waals surface area (Å²) >= 11 is 0. The SMILES string of the molecule is CCCc1nccn1CC(C)(NC)C(=O)O. The van der Waals surface area contributed by atoms with Gasteiger partial charge in [0, 0.05) is 18.8 Å². The quantitative estimate of drug-likeness (QED) is 0.754. The Hall–Kier alpha value is -1.36. The van der Waals surface area contributed by atoms with Gasteiger partial charge < -0.3 is 15.0 Å². The minimum atomic E-state index is -0.955. The van der Waals surface area contributed by atoms with Crippen LogP contribution in [-0.2, 0) is 17.8 Å². The first-order valence-corrected chi connectivity index (χ1v) is 5.46. The van der Waals surface area contributed by atoms with Gasteiger partial charge in [-0.25, -0.2) is 4.98 Å². The van der Waals surface area contributed by atoms with Crippen molar-refractivity contribution in [2.24, 2.45) is 0 Å². The van der Waals surface area contributed by atoms with E-state index >= 15 is 0 Å². The molecule has 0 aromatic carbocycles. The average Bonchev–Trinajstić information content (AvgIpc) is 2.66. The van der Waals surface area contributed by atoms with E-state index in [0.717, 1.165) is 18.7 Å². The minimum absolute atomic E-state index is 0.383. The molecular formula is C11H19N3O2. The van der Waals surface area contributed by atoms with Crippen LogP contribution in [0.5, 0.6) is 0 Å². The standard InChI is InChI=1S/C11H19N3O2/c1-4-5-9-13-6-7-14(9)8-11(2,12-3)10(15)16/h6-7,12H,4-5,8H2,1-3H3,(H,15,16). The number of aryl methyl sites for hydroxylation is 1. The summed E-state index contributed by atoms with van der Waals surface area (Å²) in [5, 5.41) is 12.0. The smallest absolute Gasteiger partial charge is 0.325 e. The Morgan fingerprint density at radius 2 is 2.38 bits per heavy atom. The highest BCUT2D eigenvalue weighted by atomic mass is 16.4. The average molecular weight is 225 g/mol. The van der Waals surface area contributed by atoms with Crippen molar-refractivity contribution in [1.82, 2.24) is 14.9 Å². The van der Waals surface area contributed by atoms with Crippen LogP contribution in [0.25, 0.3) is 0 Å². The molecule has 0 bridgehead atoms. The Labute approximate surface area is 95.5 Å². The maximum atomic E-state index is 11.2. The first kappa shape index (κ1) is 12.7. The third kappa shape index (κ3) is 2.61. The van der Waals surface area contributed by atoms with Crippen molar-refractivity contribution in [3.63, 3.8) is 0 Å². The lowest BCUT2D eigenvalue weighted by molar-refractivity contribution is -0.144. The van der Waals surface area contributed by atoms with E-state index in [9.17, 15) is 4.79 Å². The highest BCUT2D eigenvalue weighted by Gasteiger charge is 2.32. The fraction of sp³-hybridized carbons (Fsp3) is 0.636. The number of aliphatic carboxylic acids is 1. The van der Waals surface area contributed by atoms with Gasteiger partial charge in [0.25, 0.3) is 0 Å². The number of carboxylic acids is 1. The molecule has 1 aromatic rings. The maximum absolute atomic E-state index is 11.2. The lowest BCUT2D eigenvalue weighted by atomic mass is 10.0. The molecule has 1 rings (SSSR count). The Kier molecular flexibility index (Phi) is 4.06. The van der Waals surface area contributed by atoms with Crippen molar-refractivity contribution in [2.75, 3.05) is 7.05 Å². The van der Waals surface area contributed by atoms with Gasteiger partial charge in [-0.3, -0.25) is 4.79 Å². The van der Waals surface area contributed by atoms with Crippen LogP contribution in [0.2, 0.25) is 0 Å². The number of aromatic nitrogens is 2. The molecule has 0 amide bonds. The van der Waals surface area contributed by atoms with Gasteiger partial charge in [0.15, 0.2) is 0 Å². The summed E-state index contributed by atoms with van der Waals surface area (Å²) in [6.45, 7) is 4.13. The molecule has 0 spiro atoms. The van der Waals surface area contributed by atoms with Crippen LogP contribution in [0.1, 0.15) is 26.1 Å². The number of hydrogen-bond donors (Lipinski definition) is 2. The molecule has 0 saturated heterocycles. The van der Waals surface area contributed by atoms with E-state index in [-0.39, 0.29) is 0 Å². The predicted molar refractivity (Wildman–Crippen MR) is 61.3 cm³/mol. The van der Waals surface area contributed by atoms with Gasteiger partial charge in [-0.15, -0.1) is 0 Å². The molecule has 16 heavy (non-hydrogen) atoms. The van der Waals surface area contributed by atoms with Crippen LogP contribution in [0.15, 0.2) is 12.4 Å². The molecule has 1 atom stereocenters. The van der Waals surface area contributed by atoms with E-state index in [1.807, 2.05) is 10.8 Å². The molecule has 1 unspecified atom stereocenters. The van der Waals surface area contributed by atoms with E-state index in [0.29, 0.717) is 6.54 Å². The minimum Gasteiger partial charge on any atom is -0.480 e. The van der Waals surface area contributed by atoms with Gasteiger partial charge >= 0.3 is 5.97 Å². The molecule has 5 heteroatoms. The normalized spacial score (nSPS) is 14.7. The maximum Gasteiger partial charge on any atom is 0.325 e. The molecule has 90 valence electrons. The molecule has 1 aromatic heterocycles. The number of rotatable bonds is 6. The fourth-order valence-electron chi connectivity index (χ4n) is 1.53. The Morgan fingerprint density at radius 1 is 1.69 bits per heavy atom. The van der Waals surface area contributed by atoms with E-state index in [4.69, 9.17) is 5.11 Å². The largest absolute Gasteiger partial charge is 0.480 e. The zero-order chi connectivity index (χ0) is 12.2. The molecular weight excluding hydrogens is 206 g/mol. The number of nitrogens with zero attached hydrogens (tertiary/aromatic N) is 2. The number of carbonyl (C=O) groups is 1. The Bertz CT molecular complexity index is 362. The number of hydrogen-bond acceptors (Lipinski definition) is 3. The van der Waals surface area contributed by atoms with Crippen LogP contribution < -0.4 is 5.32 Å². The second kappa shape index (κ2) is 5.12. The molecule has 1 heterocycles. The van der Waals surface area contributed by atoms with E-state index in [2.05, 4.69) is 17.2 Å². The van der Waals surface area contributed by atoms with Crippen LogP contribution >= 0.6 is 0 Å². The second-order valence-electron chi connectivity index (χ2n) is 4.11. The van der Waals surface area contributed by atoms with E-state index in [1.165, 1.54) is 0 Å². The molecule has 5 nitrogen and oxygen atoms in total. The van der Waals surface area contributed by atoms with Crippen molar-refractivity contribution in [2.45, 2.75) is 38.8 Å². The van der Waals surface area contributed by atoms with Crippen LogP contribution in [0.4, 0.5) is 0 Å². The highest BCUT2D eigenvalue weighted by Crippen LogP contribution is 2.10. The molecule has 2 N–H and O–H groups in total. The molecule has 0 aliphatic heterocycles. The van der Waals surface area contributed by atoms with Crippen LogP contribution in [-0.4, -0.2) is 33.2 Å². The van der Waals surface area contributed by atoms with Crippen molar-refractivity contribution >= 4 is 5.97 Å². The molecule has 0 aliphatic rings.